The van der Waals surface area contributed by atoms with Gasteiger partial charge in [0.05, 0.1) is 18.8 Å². The van der Waals surface area contributed by atoms with Crippen LogP contribution in [0.25, 0.3) is 0 Å². The lowest BCUT2D eigenvalue weighted by Crippen LogP contribution is -2.53. The Labute approximate surface area is 405 Å². The first-order valence-corrected chi connectivity index (χ1v) is 29.2. The van der Waals surface area contributed by atoms with E-state index in [1.54, 1.807) is 0 Å². The number of nitrogens with one attached hydrogen (secondary N) is 1. The van der Waals surface area contributed by atoms with E-state index in [9.17, 15) is 25.2 Å². The Bertz CT molecular complexity index is 986. The van der Waals surface area contributed by atoms with Crippen molar-refractivity contribution in [3.63, 3.8) is 0 Å². The van der Waals surface area contributed by atoms with Crippen LogP contribution in [0.4, 0.5) is 0 Å². The van der Waals surface area contributed by atoms with Gasteiger partial charge >= 0.3 is 0 Å². The Morgan fingerprint density at radius 1 is 0.385 bits per heavy atom. The van der Waals surface area contributed by atoms with E-state index >= 15 is 0 Å². The van der Waals surface area contributed by atoms with Crippen LogP contribution in [0.5, 0.6) is 0 Å². The predicted octanol–water partition coefficient (Wildman–Crippen LogP) is 17.0. The molecule has 65 heavy (non-hydrogen) atoms. The van der Waals surface area contributed by atoms with Crippen LogP contribution >= 0.6 is 0 Å². The summed E-state index contributed by atoms with van der Waals surface area (Å²) in [5.41, 5.74) is 0. The van der Waals surface area contributed by atoms with Gasteiger partial charge in [-0.3, -0.25) is 4.79 Å². The van der Waals surface area contributed by atoms with Crippen molar-refractivity contribution in [1.29, 1.82) is 0 Å². The van der Waals surface area contributed by atoms with Crippen molar-refractivity contribution in [3.05, 3.63) is 24.3 Å². The van der Waals surface area contributed by atoms with Crippen LogP contribution in [-0.4, -0.2) is 57.3 Å². The lowest BCUT2D eigenvalue weighted by molar-refractivity contribution is -0.132. The van der Waals surface area contributed by atoms with Gasteiger partial charge in [0.2, 0.25) is 5.91 Å². The van der Waals surface area contributed by atoms with E-state index in [0.717, 1.165) is 44.9 Å². The van der Waals surface area contributed by atoms with Gasteiger partial charge in [-0.15, -0.1) is 0 Å². The van der Waals surface area contributed by atoms with Gasteiger partial charge in [0.25, 0.3) is 0 Å². The molecule has 0 heterocycles. The maximum absolute atomic E-state index is 12.6. The van der Waals surface area contributed by atoms with E-state index in [-0.39, 0.29) is 0 Å². The third-order valence-electron chi connectivity index (χ3n) is 13.9. The van der Waals surface area contributed by atoms with Crippen LogP contribution < -0.4 is 5.32 Å². The molecule has 0 aromatic heterocycles. The normalized spacial score (nSPS) is 13.9. The molecule has 6 nitrogen and oxygen atoms in total. The molecule has 0 bridgehead atoms. The maximum Gasteiger partial charge on any atom is 0.249 e. The second-order valence-corrected chi connectivity index (χ2v) is 20.3. The van der Waals surface area contributed by atoms with Crippen molar-refractivity contribution >= 4 is 5.91 Å². The van der Waals surface area contributed by atoms with E-state index in [1.807, 2.05) is 0 Å². The van der Waals surface area contributed by atoms with E-state index < -0.39 is 36.9 Å². The summed E-state index contributed by atoms with van der Waals surface area (Å²) in [6, 6.07) is -0.983. The van der Waals surface area contributed by atoms with Gasteiger partial charge in [0, 0.05) is 0 Å². The molecule has 4 atom stereocenters. The minimum absolute atomic E-state index is 0.372. The standard InChI is InChI=1S/C59H115NO5/c1-3-5-7-9-11-13-15-17-19-20-21-22-23-24-25-26-27-28-29-30-31-32-33-34-35-36-37-39-41-43-45-47-49-51-53-57(63)59(65)60-55(54-61)58(64)56(62)52-50-48-46-44-42-40-38-18-16-14-12-10-8-6-4-2/h23-24,26-27,55-58,61-64H,3-22,25,28-54H2,1-2H3,(H,60,65)/b24-23-,27-26-. The Balaban J connectivity index is 3.55. The molecule has 0 spiro atoms. The second-order valence-electron chi connectivity index (χ2n) is 20.3. The highest BCUT2D eigenvalue weighted by Gasteiger charge is 2.28. The molecular weight excluding hydrogens is 803 g/mol. The van der Waals surface area contributed by atoms with Gasteiger partial charge in [-0.25, -0.2) is 0 Å². The smallest absolute Gasteiger partial charge is 0.249 e. The van der Waals surface area contributed by atoms with Crippen LogP contribution in [0.1, 0.15) is 316 Å². The molecule has 0 aliphatic heterocycles. The Morgan fingerprint density at radius 2 is 0.662 bits per heavy atom. The number of aliphatic hydroxyl groups is 4. The molecule has 386 valence electrons. The number of aliphatic hydroxyl groups excluding tert-OH is 4. The molecule has 0 saturated carbocycles. The van der Waals surface area contributed by atoms with E-state index in [2.05, 4.69) is 43.5 Å². The van der Waals surface area contributed by atoms with Crippen molar-refractivity contribution in [2.45, 2.75) is 340 Å². The van der Waals surface area contributed by atoms with Crippen molar-refractivity contribution in [2.75, 3.05) is 6.61 Å². The fourth-order valence-electron chi connectivity index (χ4n) is 9.32. The molecule has 0 aromatic rings. The minimum atomic E-state index is -1.26. The highest BCUT2D eigenvalue weighted by molar-refractivity contribution is 5.80. The zero-order valence-electron chi connectivity index (χ0n) is 43.8. The van der Waals surface area contributed by atoms with Gasteiger partial charge < -0.3 is 25.7 Å². The van der Waals surface area contributed by atoms with Gasteiger partial charge in [-0.1, -0.05) is 295 Å². The Kier molecular flexibility index (Phi) is 52.7. The average Bonchev–Trinajstić information content (AvgIpc) is 3.31. The largest absolute Gasteiger partial charge is 0.394 e. The van der Waals surface area contributed by atoms with Crippen LogP contribution in [0.2, 0.25) is 0 Å². The SMILES string of the molecule is CCCCCCCCCCCCC/C=C\C/C=C\CCCCCCCCCCCCCCCCCCC(O)C(=O)NC(CO)C(O)C(O)CCCCCCCCCCCCCCCCC. The first-order chi connectivity index (χ1) is 32.0. The number of carbonyl (C=O) groups excluding carboxylic acids is 1. The third-order valence-corrected chi connectivity index (χ3v) is 13.9. The monoisotopic (exact) mass is 918 g/mol. The molecule has 0 radical (unpaired) electrons. The predicted molar refractivity (Wildman–Crippen MR) is 284 cm³/mol. The van der Waals surface area contributed by atoms with E-state index in [4.69, 9.17) is 0 Å². The highest BCUT2D eigenvalue weighted by atomic mass is 16.3. The van der Waals surface area contributed by atoms with Crippen molar-refractivity contribution in [3.8, 4) is 0 Å². The van der Waals surface area contributed by atoms with Gasteiger partial charge in [0.15, 0.2) is 0 Å². The lowest BCUT2D eigenvalue weighted by Gasteiger charge is -2.27. The number of carbonyl (C=O) groups is 1. The van der Waals surface area contributed by atoms with Crippen LogP contribution in [0.3, 0.4) is 0 Å². The van der Waals surface area contributed by atoms with E-state index in [0.29, 0.717) is 12.8 Å². The number of unbranched alkanes of at least 4 members (excludes halogenated alkanes) is 41. The highest BCUT2D eigenvalue weighted by Crippen LogP contribution is 2.18. The number of allylic oxidation sites excluding steroid dienone is 4. The first kappa shape index (κ1) is 63.8. The number of rotatable bonds is 54. The summed E-state index contributed by atoms with van der Waals surface area (Å²) in [6.07, 6.45) is 65.4. The van der Waals surface area contributed by atoms with Gasteiger partial charge in [-0.05, 0) is 44.9 Å². The lowest BCUT2D eigenvalue weighted by atomic mass is 9.99. The summed E-state index contributed by atoms with van der Waals surface area (Å²) in [6.45, 7) is 4.08. The molecule has 0 aliphatic carbocycles. The van der Waals surface area contributed by atoms with E-state index in [1.165, 1.54) is 244 Å². The maximum atomic E-state index is 12.6. The first-order valence-electron chi connectivity index (χ1n) is 29.2. The minimum Gasteiger partial charge on any atom is -0.394 e. The molecular formula is C59H115NO5. The molecule has 0 aliphatic rings. The summed E-state index contributed by atoms with van der Waals surface area (Å²) < 4.78 is 0. The van der Waals surface area contributed by atoms with Gasteiger partial charge in [-0.2, -0.15) is 0 Å². The van der Waals surface area contributed by atoms with Crippen LogP contribution in [0, 0.1) is 0 Å². The summed E-state index contributed by atoms with van der Waals surface area (Å²) >= 11 is 0. The zero-order valence-corrected chi connectivity index (χ0v) is 43.8. The second kappa shape index (κ2) is 53.7. The average molecular weight is 919 g/mol. The molecule has 0 saturated heterocycles. The molecule has 0 rings (SSSR count). The molecule has 4 unspecified atom stereocenters. The molecule has 0 aromatic carbocycles. The van der Waals surface area contributed by atoms with Crippen molar-refractivity contribution in [1.82, 2.24) is 5.32 Å². The Morgan fingerprint density at radius 3 is 0.969 bits per heavy atom. The zero-order chi connectivity index (χ0) is 47.4. The Hall–Kier alpha value is -1.21. The van der Waals surface area contributed by atoms with Crippen LogP contribution in [-0.2, 0) is 4.79 Å². The molecule has 0 fully saturated rings. The van der Waals surface area contributed by atoms with Crippen molar-refractivity contribution < 1.29 is 25.2 Å². The van der Waals surface area contributed by atoms with Crippen LogP contribution in [0.15, 0.2) is 24.3 Å². The molecule has 1 amide bonds. The number of hydrogen-bond acceptors (Lipinski definition) is 5. The summed E-state index contributed by atoms with van der Waals surface area (Å²) in [4.78, 5) is 12.6. The topological polar surface area (TPSA) is 110 Å². The molecule has 5 N–H and O–H groups in total. The number of amides is 1. The number of hydrogen-bond donors (Lipinski definition) is 5. The summed E-state index contributed by atoms with van der Waals surface area (Å²) in [5, 5.41) is 43.9. The summed E-state index contributed by atoms with van der Waals surface area (Å²) in [7, 11) is 0. The fraction of sp³-hybridized carbons (Fsp3) is 0.915. The quantitative estimate of drug-likeness (QED) is 0.0308. The third kappa shape index (κ3) is 47.6. The fourth-order valence-corrected chi connectivity index (χ4v) is 9.32. The molecule has 6 heteroatoms. The van der Waals surface area contributed by atoms with Gasteiger partial charge in [0.1, 0.15) is 12.2 Å². The summed E-state index contributed by atoms with van der Waals surface area (Å²) in [5.74, 6) is -0.579. The van der Waals surface area contributed by atoms with Crippen molar-refractivity contribution in [2.24, 2.45) is 0 Å².